The highest BCUT2D eigenvalue weighted by Crippen LogP contribution is 2.26. The molecule has 0 atom stereocenters. The lowest BCUT2D eigenvalue weighted by Crippen LogP contribution is -2.39. The summed E-state index contributed by atoms with van der Waals surface area (Å²) in [6, 6.07) is 9.56. The second-order valence-corrected chi connectivity index (χ2v) is 10.7. The second kappa shape index (κ2) is 10.1. The van der Waals surface area contributed by atoms with Gasteiger partial charge in [0.15, 0.2) is 28.8 Å². The Bertz CT molecular complexity index is 1430. The number of nitrogens with zero attached hydrogens (tertiary/aromatic N) is 9. The van der Waals surface area contributed by atoms with E-state index in [0.717, 1.165) is 55.3 Å². The highest BCUT2D eigenvalue weighted by Gasteiger charge is 2.22. The number of pyridine rings is 1. The standard InChI is InChI=1S/C25H28ClN11/c1-25(2,3)13-20-31-22-12-17(8-11-37(22)35-20)30-24-28-15-19(26)23(32-24)29-16-6-9-36(10-7-16)21-5-4-18(14-27)33-34-21/h4-5,8,11-12,15-16H,6-7,9-10,13H2,1-3H3,(H2,28,29,30,32). The molecule has 0 unspecified atom stereocenters. The summed E-state index contributed by atoms with van der Waals surface area (Å²) in [6.07, 6.45) is 6.03. The third kappa shape index (κ3) is 6.03. The smallest absolute Gasteiger partial charge is 0.229 e. The normalized spacial score (nSPS) is 14.5. The zero-order valence-corrected chi connectivity index (χ0v) is 21.7. The molecule has 1 saturated heterocycles. The van der Waals surface area contributed by atoms with Crippen molar-refractivity contribution in [2.75, 3.05) is 28.6 Å². The van der Waals surface area contributed by atoms with Crippen LogP contribution >= 0.6 is 11.6 Å². The van der Waals surface area contributed by atoms with Crippen LogP contribution in [0.3, 0.4) is 0 Å². The van der Waals surface area contributed by atoms with E-state index in [0.29, 0.717) is 22.5 Å². The van der Waals surface area contributed by atoms with Crippen LogP contribution in [0.2, 0.25) is 5.02 Å². The molecule has 4 aromatic heterocycles. The van der Waals surface area contributed by atoms with Crippen LogP contribution in [-0.4, -0.2) is 53.9 Å². The highest BCUT2D eigenvalue weighted by atomic mass is 35.5. The van der Waals surface area contributed by atoms with Crippen LogP contribution in [0.1, 0.15) is 45.1 Å². The van der Waals surface area contributed by atoms with Gasteiger partial charge in [0.05, 0.1) is 6.20 Å². The van der Waals surface area contributed by atoms with Crippen molar-refractivity contribution in [1.82, 2.24) is 34.8 Å². The zero-order chi connectivity index (χ0) is 26.0. The third-order valence-corrected chi connectivity index (χ3v) is 6.27. The van der Waals surface area contributed by atoms with Gasteiger partial charge in [-0.2, -0.15) is 15.3 Å². The summed E-state index contributed by atoms with van der Waals surface area (Å²) in [5.74, 6) is 2.62. The maximum Gasteiger partial charge on any atom is 0.229 e. The molecule has 12 heteroatoms. The fourth-order valence-electron chi connectivity index (χ4n) is 4.21. The number of nitriles is 1. The van der Waals surface area contributed by atoms with E-state index in [1.807, 2.05) is 30.5 Å². The number of piperidine rings is 1. The molecule has 0 saturated carbocycles. The molecular weight excluding hydrogens is 490 g/mol. The first kappa shape index (κ1) is 24.6. The lowest BCUT2D eigenvalue weighted by molar-refractivity contribution is 0.401. The molecule has 1 aliphatic rings. The summed E-state index contributed by atoms with van der Waals surface area (Å²) in [6.45, 7) is 8.12. The molecule has 0 bridgehead atoms. The molecule has 0 spiro atoms. The SMILES string of the molecule is CC(C)(C)Cc1nc2cc(Nc3ncc(Cl)c(NC4CCN(c5ccc(C#N)nn5)CC4)n3)ccn2n1. The molecular formula is C25H28ClN11. The monoisotopic (exact) mass is 517 g/mol. The van der Waals surface area contributed by atoms with Gasteiger partial charge in [0, 0.05) is 43.5 Å². The minimum Gasteiger partial charge on any atom is -0.366 e. The minimum atomic E-state index is 0.112. The first-order chi connectivity index (χ1) is 17.8. The summed E-state index contributed by atoms with van der Waals surface area (Å²) < 4.78 is 1.78. The summed E-state index contributed by atoms with van der Waals surface area (Å²) in [5.41, 5.74) is 2.00. The number of nitrogens with one attached hydrogen (secondary N) is 2. The van der Waals surface area contributed by atoms with Crippen molar-refractivity contribution < 1.29 is 0 Å². The van der Waals surface area contributed by atoms with E-state index in [4.69, 9.17) is 16.9 Å². The molecule has 1 fully saturated rings. The molecule has 11 nitrogen and oxygen atoms in total. The summed E-state index contributed by atoms with van der Waals surface area (Å²) in [7, 11) is 0. The number of hydrogen-bond acceptors (Lipinski definition) is 10. The van der Waals surface area contributed by atoms with Crippen LogP contribution in [0.25, 0.3) is 5.65 Å². The van der Waals surface area contributed by atoms with Gasteiger partial charge in [0.25, 0.3) is 0 Å². The Kier molecular flexibility index (Phi) is 6.76. The van der Waals surface area contributed by atoms with E-state index in [2.05, 4.69) is 66.6 Å². The number of anilines is 4. The predicted octanol–water partition coefficient (Wildman–Crippen LogP) is 4.25. The number of hydrogen-bond donors (Lipinski definition) is 2. The minimum absolute atomic E-state index is 0.112. The van der Waals surface area contributed by atoms with Crippen LogP contribution in [0.4, 0.5) is 23.3 Å². The topological polar surface area (TPSA) is 133 Å². The molecule has 2 N–H and O–H groups in total. The van der Waals surface area contributed by atoms with Gasteiger partial charge in [-0.05, 0) is 36.5 Å². The number of rotatable bonds is 6. The number of fused-ring (bicyclic) bond motifs is 1. The largest absolute Gasteiger partial charge is 0.366 e. The average molecular weight is 518 g/mol. The number of aromatic nitrogens is 7. The lowest BCUT2D eigenvalue weighted by atomic mass is 9.92. The van der Waals surface area contributed by atoms with Gasteiger partial charge in [0.1, 0.15) is 11.1 Å². The quantitative estimate of drug-likeness (QED) is 0.382. The molecule has 0 radical (unpaired) electrons. The van der Waals surface area contributed by atoms with E-state index < -0.39 is 0 Å². The second-order valence-electron chi connectivity index (χ2n) is 10.3. The Morgan fingerprint density at radius 2 is 1.95 bits per heavy atom. The highest BCUT2D eigenvalue weighted by molar-refractivity contribution is 6.32. The van der Waals surface area contributed by atoms with E-state index in [-0.39, 0.29) is 11.5 Å². The molecule has 190 valence electrons. The van der Waals surface area contributed by atoms with Crippen LogP contribution in [-0.2, 0) is 6.42 Å². The zero-order valence-electron chi connectivity index (χ0n) is 21.0. The van der Waals surface area contributed by atoms with Gasteiger partial charge >= 0.3 is 0 Å². The fourth-order valence-corrected chi connectivity index (χ4v) is 4.36. The van der Waals surface area contributed by atoms with Crippen LogP contribution in [0.15, 0.2) is 36.7 Å². The molecule has 5 heterocycles. The van der Waals surface area contributed by atoms with Gasteiger partial charge in [-0.3, -0.25) is 0 Å². The van der Waals surface area contributed by atoms with Crippen LogP contribution in [0.5, 0.6) is 0 Å². The molecule has 0 aliphatic carbocycles. The number of halogens is 1. The van der Waals surface area contributed by atoms with Crippen molar-refractivity contribution in [2.24, 2.45) is 5.41 Å². The van der Waals surface area contributed by atoms with Gasteiger partial charge < -0.3 is 15.5 Å². The molecule has 1 aliphatic heterocycles. The summed E-state index contributed by atoms with van der Waals surface area (Å²) >= 11 is 6.41. The average Bonchev–Trinajstić information content (AvgIpc) is 3.26. The van der Waals surface area contributed by atoms with Crippen molar-refractivity contribution >= 4 is 40.5 Å². The van der Waals surface area contributed by atoms with Crippen LogP contribution in [0, 0.1) is 16.7 Å². The maximum absolute atomic E-state index is 8.91. The molecule has 37 heavy (non-hydrogen) atoms. The van der Waals surface area contributed by atoms with Gasteiger partial charge in [-0.1, -0.05) is 32.4 Å². The fraction of sp³-hybridized carbons (Fsp3) is 0.400. The van der Waals surface area contributed by atoms with E-state index in [9.17, 15) is 0 Å². The van der Waals surface area contributed by atoms with Gasteiger partial charge in [0.2, 0.25) is 5.95 Å². The Hall–Kier alpha value is -4.04. The third-order valence-electron chi connectivity index (χ3n) is 5.99. The predicted molar refractivity (Wildman–Crippen MR) is 142 cm³/mol. The Morgan fingerprint density at radius 3 is 2.65 bits per heavy atom. The Balaban J connectivity index is 1.22. The Morgan fingerprint density at radius 1 is 1.14 bits per heavy atom. The van der Waals surface area contributed by atoms with E-state index >= 15 is 0 Å². The Labute approximate surface area is 219 Å². The van der Waals surface area contributed by atoms with Crippen molar-refractivity contribution in [3.63, 3.8) is 0 Å². The summed E-state index contributed by atoms with van der Waals surface area (Å²) in [5, 5.41) is 28.7. The van der Waals surface area contributed by atoms with Crippen molar-refractivity contribution in [2.45, 2.75) is 46.1 Å². The van der Waals surface area contributed by atoms with Crippen LogP contribution < -0.4 is 15.5 Å². The first-order valence-electron chi connectivity index (χ1n) is 12.2. The van der Waals surface area contributed by atoms with E-state index in [1.165, 1.54) is 0 Å². The molecule has 0 amide bonds. The van der Waals surface area contributed by atoms with Crippen molar-refractivity contribution in [1.29, 1.82) is 5.26 Å². The van der Waals surface area contributed by atoms with Crippen molar-refractivity contribution in [3.8, 4) is 6.07 Å². The summed E-state index contributed by atoms with van der Waals surface area (Å²) in [4.78, 5) is 15.8. The van der Waals surface area contributed by atoms with Gasteiger partial charge in [-0.15, -0.1) is 10.2 Å². The molecule has 5 rings (SSSR count). The maximum atomic E-state index is 8.91. The lowest BCUT2D eigenvalue weighted by Gasteiger charge is -2.33. The van der Waals surface area contributed by atoms with Gasteiger partial charge in [-0.25, -0.2) is 14.5 Å². The van der Waals surface area contributed by atoms with E-state index in [1.54, 1.807) is 16.8 Å². The van der Waals surface area contributed by atoms with Crippen molar-refractivity contribution in [3.05, 3.63) is 53.2 Å². The molecule has 0 aromatic carbocycles. The molecule has 4 aromatic rings. The first-order valence-corrected chi connectivity index (χ1v) is 12.5.